The lowest BCUT2D eigenvalue weighted by atomic mass is 9.81. The number of hydrogen-bond donors (Lipinski definition) is 0. The molecule has 1 aliphatic carbocycles. The SMILES string of the molecule is CC1(C)c2ccccc2-c2ccc(-c3cc(Oc4ccccc4)cc(-c4cc5ccc6cccc7ccc(c4)c5c67)c3)cc21. The van der Waals surface area contributed by atoms with Gasteiger partial charge in [-0.05, 0) is 125 Å². The fourth-order valence-corrected chi connectivity index (χ4v) is 7.42. The molecule has 1 heteroatoms. The first-order chi connectivity index (χ1) is 21.5. The van der Waals surface area contributed by atoms with E-state index in [1.165, 1.54) is 65.7 Å². The number of hydrogen-bond acceptors (Lipinski definition) is 1. The van der Waals surface area contributed by atoms with E-state index in [9.17, 15) is 0 Å². The molecule has 0 fully saturated rings. The van der Waals surface area contributed by atoms with E-state index in [-0.39, 0.29) is 5.41 Å². The minimum atomic E-state index is -0.0577. The third-order valence-corrected chi connectivity index (χ3v) is 9.60. The normalized spacial score (nSPS) is 13.4. The highest BCUT2D eigenvalue weighted by Gasteiger charge is 2.35. The Labute approximate surface area is 257 Å². The van der Waals surface area contributed by atoms with Crippen molar-refractivity contribution in [1.29, 1.82) is 0 Å². The largest absolute Gasteiger partial charge is 0.457 e. The standard InChI is InChI=1S/C43H30O/c1-43(2)39-14-7-6-13-37(39)38-20-19-29(26-40(38)43)33-23-34(25-36(24-33)44-35-11-4-3-5-12-35)32-21-30-17-15-27-9-8-10-28-16-18-31(22-32)42(30)41(27)28/h3-26H,1-2H3. The predicted octanol–water partition coefficient (Wildman–Crippen LogP) is 12.0. The quantitative estimate of drug-likeness (QED) is 0.194. The number of rotatable bonds is 4. The highest BCUT2D eigenvalue weighted by Crippen LogP contribution is 2.50. The summed E-state index contributed by atoms with van der Waals surface area (Å²) in [5.41, 5.74) is 10.0. The molecule has 0 N–H and O–H groups in total. The smallest absolute Gasteiger partial charge is 0.128 e. The number of benzene rings is 8. The van der Waals surface area contributed by atoms with E-state index < -0.39 is 0 Å². The molecule has 1 nitrogen and oxygen atoms in total. The van der Waals surface area contributed by atoms with E-state index in [4.69, 9.17) is 4.74 Å². The first-order valence-corrected chi connectivity index (χ1v) is 15.3. The van der Waals surface area contributed by atoms with E-state index in [2.05, 4.69) is 129 Å². The summed E-state index contributed by atoms with van der Waals surface area (Å²) in [5, 5.41) is 7.77. The van der Waals surface area contributed by atoms with Crippen molar-refractivity contribution in [2.45, 2.75) is 19.3 Å². The Morgan fingerprint density at radius 2 is 0.977 bits per heavy atom. The van der Waals surface area contributed by atoms with E-state index in [1.807, 2.05) is 30.3 Å². The van der Waals surface area contributed by atoms with Gasteiger partial charge in [-0.25, -0.2) is 0 Å². The number of fused-ring (bicyclic) bond motifs is 3. The highest BCUT2D eigenvalue weighted by molar-refractivity contribution is 6.23. The molecule has 0 aliphatic heterocycles. The highest BCUT2D eigenvalue weighted by atomic mass is 16.5. The van der Waals surface area contributed by atoms with Crippen LogP contribution in [0.5, 0.6) is 11.5 Å². The maximum Gasteiger partial charge on any atom is 0.128 e. The second kappa shape index (κ2) is 9.30. The Hall–Kier alpha value is -5.40. The summed E-state index contributed by atoms with van der Waals surface area (Å²) in [6.45, 7) is 4.68. The maximum absolute atomic E-state index is 6.48. The molecule has 1 aliphatic rings. The van der Waals surface area contributed by atoms with E-state index >= 15 is 0 Å². The Morgan fingerprint density at radius 3 is 1.73 bits per heavy atom. The second-order valence-corrected chi connectivity index (χ2v) is 12.6. The summed E-state index contributed by atoms with van der Waals surface area (Å²) in [7, 11) is 0. The van der Waals surface area contributed by atoms with Crippen molar-refractivity contribution in [3.05, 3.63) is 157 Å². The Bertz CT molecular complexity index is 2310. The van der Waals surface area contributed by atoms with Crippen LogP contribution in [-0.4, -0.2) is 0 Å². The van der Waals surface area contributed by atoms with Gasteiger partial charge < -0.3 is 4.74 Å². The molecule has 208 valence electrons. The van der Waals surface area contributed by atoms with Crippen molar-refractivity contribution in [2.24, 2.45) is 0 Å². The fourth-order valence-electron chi connectivity index (χ4n) is 7.42. The van der Waals surface area contributed by atoms with Crippen molar-refractivity contribution < 1.29 is 4.74 Å². The molecule has 8 aromatic carbocycles. The van der Waals surface area contributed by atoms with Crippen molar-refractivity contribution in [1.82, 2.24) is 0 Å². The van der Waals surface area contributed by atoms with Crippen LogP contribution in [0.15, 0.2) is 146 Å². The van der Waals surface area contributed by atoms with Crippen molar-refractivity contribution in [3.8, 4) is 44.9 Å². The number of ether oxygens (including phenoxy) is 1. The first kappa shape index (κ1) is 25.1. The molecule has 0 saturated carbocycles. The van der Waals surface area contributed by atoms with Gasteiger partial charge in [-0.3, -0.25) is 0 Å². The van der Waals surface area contributed by atoms with Crippen molar-refractivity contribution in [2.75, 3.05) is 0 Å². The van der Waals surface area contributed by atoms with Crippen LogP contribution in [0.25, 0.3) is 65.7 Å². The van der Waals surface area contributed by atoms with Gasteiger partial charge in [0, 0.05) is 5.41 Å². The van der Waals surface area contributed by atoms with Crippen LogP contribution < -0.4 is 4.74 Å². The van der Waals surface area contributed by atoms with Crippen LogP contribution in [0, 0.1) is 0 Å². The van der Waals surface area contributed by atoms with E-state index in [0.717, 1.165) is 22.6 Å². The monoisotopic (exact) mass is 562 g/mol. The Kier molecular flexibility index (Phi) is 5.31. The second-order valence-electron chi connectivity index (χ2n) is 12.6. The topological polar surface area (TPSA) is 9.23 Å². The van der Waals surface area contributed by atoms with Gasteiger partial charge >= 0.3 is 0 Å². The van der Waals surface area contributed by atoms with Crippen LogP contribution in [0.2, 0.25) is 0 Å². The summed E-state index contributed by atoms with van der Waals surface area (Å²) >= 11 is 0. The first-order valence-electron chi connectivity index (χ1n) is 15.3. The zero-order valence-electron chi connectivity index (χ0n) is 24.8. The molecule has 0 radical (unpaired) electrons. The molecule has 0 amide bonds. The lowest BCUT2D eigenvalue weighted by molar-refractivity contribution is 0.483. The van der Waals surface area contributed by atoms with Gasteiger partial charge in [0.1, 0.15) is 11.5 Å². The molecule has 0 atom stereocenters. The van der Waals surface area contributed by atoms with Gasteiger partial charge in [0.2, 0.25) is 0 Å². The van der Waals surface area contributed by atoms with Crippen LogP contribution in [-0.2, 0) is 5.41 Å². The maximum atomic E-state index is 6.48. The molecule has 0 bridgehead atoms. The van der Waals surface area contributed by atoms with Crippen LogP contribution >= 0.6 is 0 Å². The number of para-hydroxylation sites is 1. The molecule has 0 spiro atoms. The summed E-state index contributed by atoms with van der Waals surface area (Å²) in [5.74, 6) is 1.66. The third kappa shape index (κ3) is 3.79. The van der Waals surface area contributed by atoms with Gasteiger partial charge in [-0.2, -0.15) is 0 Å². The Balaban J connectivity index is 1.23. The minimum Gasteiger partial charge on any atom is -0.457 e. The molecular weight excluding hydrogens is 532 g/mol. The van der Waals surface area contributed by atoms with E-state index in [0.29, 0.717) is 0 Å². The van der Waals surface area contributed by atoms with Gasteiger partial charge in [0.25, 0.3) is 0 Å². The summed E-state index contributed by atoms with van der Waals surface area (Å²) in [4.78, 5) is 0. The van der Waals surface area contributed by atoms with Crippen LogP contribution in [0.3, 0.4) is 0 Å². The molecule has 0 saturated heterocycles. The summed E-state index contributed by atoms with van der Waals surface area (Å²) in [6.07, 6.45) is 0. The van der Waals surface area contributed by atoms with Gasteiger partial charge in [-0.1, -0.05) is 111 Å². The Morgan fingerprint density at radius 1 is 0.386 bits per heavy atom. The van der Waals surface area contributed by atoms with Gasteiger partial charge in [-0.15, -0.1) is 0 Å². The molecule has 8 aromatic rings. The average molecular weight is 563 g/mol. The fraction of sp³-hybridized carbons (Fsp3) is 0.0698. The van der Waals surface area contributed by atoms with Crippen molar-refractivity contribution >= 4 is 32.3 Å². The lowest BCUT2D eigenvalue weighted by Crippen LogP contribution is -2.14. The predicted molar refractivity (Wildman–Crippen MR) is 185 cm³/mol. The van der Waals surface area contributed by atoms with E-state index in [1.54, 1.807) is 0 Å². The molecule has 9 rings (SSSR count). The molecular formula is C43H30O. The minimum absolute atomic E-state index is 0.0577. The molecule has 0 aromatic heterocycles. The van der Waals surface area contributed by atoms with Gasteiger partial charge in [0.15, 0.2) is 0 Å². The summed E-state index contributed by atoms with van der Waals surface area (Å²) in [6, 6.07) is 52.8. The zero-order chi connectivity index (χ0) is 29.4. The molecule has 0 unspecified atom stereocenters. The third-order valence-electron chi connectivity index (χ3n) is 9.60. The van der Waals surface area contributed by atoms with Gasteiger partial charge in [0.05, 0.1) is 0 Å². The summed E-state index contributed by atoms with van der Waals surface area (Å²) < 4.78 is 6.48. The van der Waals surface area contributed by atoms with Crippen molar-refractivity contribution in [3.63, 3.8) is 0 Å². The average Bonchev–Trinajstić information content (AvgIpc) is 3.29. The van der Waals surface area contributed by atoms with Crippen LogP contribution in [0.4, 0.5) is 0 Å². The molecule has 44 heavy (non-hydrogen) atoms. The molecule has 0 heterocycles. The van der Waals surface area contributed by atoms with Crippen LogP contribution in [0.1, 0.15) is 25.0 Å². The lowest BCUT2D eigenvalue weighted by Gasteiger charge is -2.22. The zero-order valence-corrected chi connectivity index (χ0v) is 24.8.